The van der Waals surface area contributed by atoms with Crippen LogP contribution in [-0.4, -0.2) is 29.8 Å². The zero-order chi connectivity index (χ0) is 13.9. The van der Waals surface area contributed by atoms with Crippen LogP contribution in [0.4, 0.5) is 4.79 Å². The smallest absolute Gasteiger partial charge is 0.315 e. The van der Waals surface area contributed by atoms with E-state index in [0.29, 0.717) is 12.5 Å². The fourth-order valence-corrected chi connectivity index (χ4v) is 3.17. The maximum absolute atomic E-state index is 11.8. The summed E-state index contributed by atoms with van der Waals surface area (Å²) >= 11 is 7.37. The van der Waals surface area contributed by atoms with Crippen LogP contribution in [0.1, 0.15) is 24.6 Å². The topological polar surface area (TPSA) is 61.4 Å². The van der Waals surface area contributed by atoms with E-state index in [4.69, 9.17) is 11.6 Å². The van der Waals surface area contributed by atoms with Gasteiger partial charge in [-0.15, -0.1) is 11.3 Å². The molecule has 1 saturated carbocycles. The number of amides is 2. The quantitative estimate of drug-likeness (QED) is 0.755. The lowest BCUT2D eigenvalue weighted by Crippen LogP contribution is -2.54. The van der Waals surface area contributed by atoms with E-state index in [1.165, 1.54) is 11.3 Å². The van der Waals surface area contributed by atoms with E-state index in [-0.39, 0.29) is 12.6 Å². The Labute approximate surface area is 122 Å². The minimum absolute atomic E-state index is 0.0222. The number of hydrogen-bond acceptors (Lipinski definition) is 3. The van der Waals surface area contributed by atoms with E-state index >= 15 is 0 Å². The summed E-state index contributed by atoms with van der Waals surface area (Å²) in [5.41, 5.74) is -0.490. The van der Waals surface area contributed by atoms with Crippen molar-refractivity contribution in [3.8, 4) is 0 Å². The number of hydrogen-bond donors (Lipinski definition) is 3. The molecule has 1 fully saturated rings. The molecule has 1 aliphatic rings. The monoisotopic (exact) mass is 302 g/mol. The van der Waals surface area contributed by atoms with E-state index in [1.807, 2.05) is 19.1 Å². The standard InChI is InChI=1S/C13H19ClN2O2S/c1-13(8-17,9-2-3-9)16-12(18)15-7-6-10-4-5-11(14)19-10/h4-5,9,17H,2-3,6-8H2,1H3,(H2,15,16,18). The molecule has 1 aromatic rings. The molecule has 0 aromatic carbocycles. The molecule has 1 atom stereocenters. The van der Waals surface area contributed by atoms with Gasteiger partial charge in [0.2, 0.25) is 0 Å². The van der Waals surface area contributed by atoms with Crippen LogP contribution in [0.3, 0.4) is 0 Å². The Morgan fingerprint density at radius 2 is 2.32 bits per heavy atom. The Morgan fingerprint density at radius 1 is 1.58 bits per heavy atom. The van der Waals surface area contributed by atoms with Gasteiger partial charge in [-0.1, -0.05) is 11.6 Å². The SMILES string of the molecule is CC(CO)(NC(=O)NCCc1ccc(Cl)s1)C1CC1. The highest BCUT2D eigenvalue weighted by molar-refractivity contribution is 7.16. The molecule has 4 nitrogen and oxygen atoms in total. The number of thiophene rings is 1. The third-order valence-electron chi connectivity index (χ3n) is 3.49. The third-order valence-corrected chi connectivity index (χ3v) is 4.78. The van der Waals surface area contributed by atoms with E-state index in [9.17, 15) is 9.90 Å². The number of carbonyl (C=O) groups excluding carboxylic acids is 1. The summed E-state index contributed by atoms with van der Waals surface area (Å²) in [5.74, 6) is 0.402. The number of carbonyl (C=O) groups is 1. The van der Waals surface area contributed by atoms with Crippen LogP contribution in [0, 0.1) is 5.92 Å². The largest absolute Gasteiger partial charge is 0.394 e. The highest BCUT2D eigenvalue weighted by Gasteiger charge is 2.42. The summed E-state index contributed by atoms with van der Waals surface area (Å²) in [5, 5.41) is 15.1. The van der Waals surface area contributed by atoms with Gasteiger partial charge in [0.25, 0.3) is 0 Å². The van der Waals surface area contributed by atoms with Crippen LogP contribution in [-0.2, 0) is 6.42 Å². The van der Waals surface area contributed by atoms with Crippen molar-refractivity contribution in [1.82, 2.24) is 10.6 Å². The predicted octanol–water partition coefficient (Wildman–Crippen LogP) is 2.40. The number of halogens is 1. The number of rotatable bonds is 6. The maximum Gasteiger partial charge on any atom is 0.315 e. The summed E-state index contributed by atoms with van der Waals surface area (Å²) in [4.78, 5) is 12.9. The highest BCUT2D eigenvalue weighted by atomic mass is 35.5. The van der Waals surface area contributed by atoms with Gasteiger partial charge >= 0.3 is 6.03 Å². The second-order valence-electron chi connectivity index (χ2n) is 5.19. The van der Waals surface area contributed by atoms with Gasteiger partial charge in [-0.3, -0.25) is 0 Å². The van der Waals surface area contributed by atoms with Crippen molar-refractivity contribution in [2.45, 2.75) is 31.7 Å². The Balaban J connectivity index is 1.72. The second kappa shape index (κ2) is 6.11. The van der Waals surface area contributed by atoms with Crippen molar-refractivity contribution in [2.75, 3.05) is 13.2 Å². The van der Waals surface area contributed by atoms with Crippen molar-refractivity contribution in [1.29, 1.82) is 0 Å². The van der Waals surface area contributed by atoms with Crippen LogP contribution in [0.25, 0.3) is 0 Å². The zero-order valence-electron chi connectivity index (χ0n) is 10.9. The van der Waals surface area contributed by atoms with Crippen molar-refractivity contribution in [3.63, 3.8) is 0 Å². The maximum atomic E-state index is 11.8. The average molecular weight is 303 g/mol. The highest BCUT2D eigenvalue weighted by Crippen LogP contribution is 2.39. The van der Waals surface area contributed by atoms with E-state index in [2.05, 4.69) is 10.6 Å². The molecule has 0 saturated heterocycles. The van der Waals surface area contributed by atoms with Gasteiger partial charge in [-0.05, 0) is 44.2 Å². The molecule has 6 heteroatoms. The summed E-state index contributed by atoms with van der Waals surface area (Å²) in [6, 6.07) is 3.61. The Morgan fingerprint density at radius 3 is 2.84 bits per heavy atom. The lowest BCUT2D eigenvalue weighted by atomic mass is 9.97. The van der Waals surface area contributed by atoms with Crippen LogP contribution in [0.5, 0.6) is 0 Å². The normalized spacial score (nSPS) is 17.8. The number of urea groups is 1. The molecule has 1 aliphatic carbocycles. The van der Waals surface area contributed by atoms with Crippen molar-refractivity contribution in [3.05, 3.63) is 21.3 Å². The minimum Gasteiger partial charge on any atom is -0.394 e. The zero-order valence-corrected chi connectivity index (χ0v) is 12.5. The first kappa shape index (κ1) is 14.6. The number of nitrogens with one attached hydrogen (secondary N) is 2. The van der Waals surface area contributed by atoms with Crippen LogP contribution < -0.4 is 10.6 Å². The van der Waals surface area contributed by atoms with Gasteiger partial charge < -0.3 is 15.7 Å². The van der Waals surface area contributed by atoms with Crippen molar-refractivity contribution >= 4 is 29.0 Å². The first-order valence-corrected chi connectivity index (χ1v) is 7.64. The van der Waals surface area contributed by atoms with Crippen molar-refractivity contribution in [2.24, 2.45) is 5.92 Å². The van der Waals surface area contributed by atoms with Gasteiger partial charge in [0.1, 0.15) is 0 Å². The van der Waals surface area contributed by atoms with Gasteiger partial charge in [0, 0.05) is 11.4 Å². The van der Waals surface area contributed by atoms with Gasteiger partial charge in [-0.2, -0.15) is 0 Å². The summed E-state index contributed by atoms with van der Waals surface area (Å²) in [6.45, 7) is 2.43. The van der Waals surface area contributed by atoms with Gasteiger partial charge in [0.15, 0.2) is 0 Å². The molecule has 2 amide bonds. The molecule has 0 bridgehead atoms. The molecule has 0 spiro atoms. The Hall–Kier alpha value is -0.780. The van der Waals surface area contributed by atoms with Crippen molar-refractivity contribution < 1.29 is 9.90 Å². The molecule has 0 aliphatic heterocycles. The van der Waals surface area contributed by atoms with Gasteiger partial charge in [-0.25, -0.2) is 4.79 Å². The first-order valence-electron chi connectivity index (χ1n) is 6.44. The van der Waals surface area contributed by atoms with Crippen LogP contribution in [0.2, 0.25) is 4.34 Å². The lowest BCUT2D eigenvalue weighted by molar-refractivity contribution is 0.155. The number of aliphatic hydroxyl groups is 1. The van der Waals surface area contributed by atoms with E-state index in [0.717, 1.165) is 28.5 Å². The predicted molar refractivity (Wildman–Crippen MR) is 77.8 cm³/mol. The first-order chi connectivity index (χ1) is 9.03. The average Bonchev–Trinajstić information content (AvgIpc) is 3.14. The molecule has 106 valence electrons. The molecular formula is C13H19ClN2O2S. The number of aliphatic hydroxyl groups excluding tert-OH is 1. The third kappa shape index (κ3) is 4.09. The lowest BCUT2D eigenvalue weighted by Gasteiger charge is -2.28. The molecule has 0 radical (unpaired) electrons. The molecular weight excluding hydrogens is 284 g/mol. The second-order valence-corrected chi connectivity index (χ2v) is 6.99. The van der Waals surface area contributed by atoms with E-state index < -0.39 is 5.54 Å². The molecule has 2 rings (SSSR count). The Bertz CT molecular complexity index is 448. The molecule has 3 N–H and O–H groups in total. The molecule has 1 heterocycles. The molecule has 19 heavy (non-hydrogen) atoms. The summed E-state index contributed by atoms with van der Waals surface area (Å²) in [6.07, 6.45) is 2.92. The fraction of sp³-hybridized carbons (Fsp3) is 0.615. The van der Waals surface area contributed by atoms with E-state index in [1.54, 1.807) is 0 Å². The van der Waals surface area contributed by atoms with Crippen LogP contribution >= 0.6 is 22.9 Å². The summed E-state index contributed by atoms with van der Waals surface area (Å²) < 4.78 is 0.765. The Kier molecular flexibility index (Phi) is 4.71. The van der Waals surface area contributed by atoms with Crippen LogP contribution in [0.15, 0.2) is 12.1 Å². The molecule has 1 unspecified atom stereocenters. The fourth-order valence-electron chi connectivity index (χ4n) is 2.08. The minimum atomic E-state index is -0.490. The summed E-state index contributed by atoms with van der Waals surface area (Å²) in [7, 11) is 0. The van der Waals surface area contributed by atoms with Gasteiger partial charge in [0.05, 0.1) is 16.5 Å². The molecule has 1 aromatic heterocycles.